The van der Waals surface area contributed by atoms with Crippen molar-refractivity contribution < 1.29 is 0 Å². The topological polar surface area (TPSA) is 6.48 Å². The normalized spacial score (nSPS) is 17.3. The Labute approximate surface area is 113 Å². The summed E-state index contributed by atoms with van der Waals surface area (Å²) in [5.41, 5.74) is 1.31. The maximum atomic E-state index is 6.26. The largest absolute Gasteiger partial charge is 0.368 e. The van der Waals surface area contributed by atoms with Crippen LogP contribution in [0, 0.1) is 0 Å². The fourth-order valence-corrected chi connectivity index (χ4v) is 2.80. The molecule has 1 aliphatic rings. The number of hydrogen-bond acceptors (Lipinski definition) is 2. The molecule has 1 saturated heterocycles. The van der Waals surface area contributed by atoms with E-state index in [1.807, 2.05) is 12.1 Å². The van der Waals surface area contributed by atoms with E-state index in [1.54, 1.807) is 0 Å². The quantitative estimate of drug-likeness (QED) is 0.777. The molecule has 3 heteroatoms. The predicted molar refractivity (Wildman–Crippen MR) is 78.7 cm³/mol. The molecule has 0 amide bonds. The molecule has 0 aromatic heterocycles. The maximum Gasteiger partial charge on any atom is 0.0485 e. The number of halogens is 1. The zero-order valence-corrected chi connectivity index (χ0v) is 11.3. The summed E-state index contributed by atoms with van der Waals surface area (Å²) >= 11 is 6.26. The minimum absolute atomic E-state index is 0.837. The van der Waals surface area contributed by atoms with Crippen molar-refractivity contribution in [1.29, 1.82) is 0 Å². The Hall–Kier alpha value is -1.25. The van der Waals surface area contributed by atoms with Crippen LogP contribution in [0.15, 0.2) is 36.4 Å². The fraction of sp³-hybridized carbons (Fsp3) is 0.333. The smallest absolute Gasteiger partial charge is 0.0485 e. The third-order valence-electron chi connectivity index (χ3n) is 3.69. The molecule has 94 valence electrons. The third-order valence-corrected chi connectivity index (χ3v) is 4.02. The van der Waals surface area contributed by atoms with Crippen molar-refractivity contribution in [2.75, 3.05) is 38.1 Å². The van der Waals surface area contributed by atoms with Crippen LogP contribution in [0.5, 0.6) is 0 Å². The van der Waals surface area contributed by atoms with Gasteiger partial charge in [-0.3, -0.25) is 0 Å². The first-order valence-corrected chi connectivity index (χ1v) is 6.74. The van der Waals surface area contributed by atoms with Crippen LogP contribution in [0.4, 0.5) is 5.69 Å². The lowest BCUT2D eigenvalue weighted by Gasteiger charge is -2.34. The number of likely N-dealkylation sites (N-methyl/N-ethyl adjacent to an activating group) is 1. The predicted octanol–water partition coefficient (Wildman–Crippen LogP) is 3.25. The van der Waals surface area contributed by atoms with Gasteiger partial charge in [0.25, 0.3) is 0 Å². The molecular formula is C15H17ClN2. The molecule has 2 aromatic rings. The second kappa shape index (κ2) is 4.79. The summed E-state index contributed by atoms with van der Waals surface area (Å²) in [5, 5.41) is 3.24. The van der Waals surface area contributed by atoms with E-state index in [2.05, 4.69) is 41.1 Å². The molecule has 2 aromatic carbocycles. The number of fused-ring (bicyclic) bond motifs is 1. The molecule has 0 atom stereocenters. The van der Waals surface area contributed by atoms with E-state index in [4.69, 9.17) is 11.6 Å². The second-order valence-corrected chi connectivity index (χ2v) is 5.31. The number of nitrogens with zero attached hydrogens (tertiary/aromatic N) is 2. The molecule has 0 spiro atoms. The molecule has 0 saturated carbocycles. The highest BCUT2D eigenvalue weighted by Crippen LogP contribution is 2.32. The first-order chi connectivity index (χ1) is 8.75. The van der Waals surface area contributed by atoms with Crippen LogP contribution in [0.1, 0.15) is 0 Å². The third kappa shape index (κ3) is 2.06. The van der Waals surface area contributed by atoms with Crippen molar-refractivity contribution in [3.8, 4) is 0 Å². The summed E-state index contributed by atoms with van der Waals surface area (Å²) < 4.78 is 0. The van der Waals surface area contributed by atoms with Gasteiger partial charge in [-0.1, -0.05) is 35.9 Å². The lowest BCUT2D eigenvalue weighted by molar-refractivity contribution is 0.313. The second-order valence-electron chi connectivity index (χ2n) is 4.90. The Morgan fingerprint density at radius 2 is 1.56 bits per heavy atom. The summed E-state index contributed by atoms with van der Waals surface area (Å²) in [6.07, 6.45) is 0. The Morgan fingerprint density at radius 1 is 0.889 bits per heavy atom. The van der Waals surface area contributed by atoms with Crippen LogP contribution in [0.3, 0.4) is 0 Å². The van der Waals surface area contributed by atoms with E-state index < -0.39 is 0 Å². The molecule has 1 fully saturated rings. The van der Waals surface area contributed by atoms with Gasteiger partial charge < -0.3 is 9.80 Å². The zero-order valence-electron chi connectivity index (χ0n) is 10.6. The molecular weight excluding hydrogens is 244 g/mol. The first kappa shape index (κ1) is 11.8. The van der Waals surface area contributed by atoms with Crippen molar-refractivity contribution in [1.82, 2.24) is 4.90 Å². The SMILES string of the molecule is CN1CCN(c2ccc(Cl)c3ccccc23)CC1. The van der Waals surface area contributed by atoms with Gasteiger partial charge in [0.2, 0.25) is 0 Å². The minimum Gasteiger partial charge on any atom is -0.368 e. The Balaban J connectivity index is 2.04. The summed E-state index contributed by atoms with van der Waals surface area (Å²) in [6.45, 7) is 4.41. The minimum atomic E-state index is 0.837. The summed E-state index contributed by atoms with van der Waals surface area (Å²) in [7, 11) is 2.18. The number of piperazine rings is 1. The molecule has 1 heterocycles. The standard InChI is InChI=1S/C15H17ClN2/c1-17-8-10-18(11-9-17)15-7-6-14(16)12-4-2-3-5-13(12)15/h2-7H,8-11H2,1H3. The number of anilines is 1. The molecule has 0 radical (unpaired) electrons. The fourth-order valence-electron chi connectivity index (χ4n) is 2.57. The van der Waals surface area contributed by atoms with E-state index in [9.17, 15) is 0 Å². The van der Waals surface area contributed by atoms with E-state index in [0.717, 1.165) is 36.6 Å². The molecule has 0 unspecified atom stereocenters. The highest BCUT2D eigenvalue weighted by Gasteiger charge is 2.16. The molecule has 18 heavy (non-hydrogen) atoms. The van der Waals surface area contributed by atoms with Crippen molar-refractivity contribution in [2.24, 2.45) is 0 Å². The van der Waals surface area contributed by atoms with Crippen LogP contribution in [-0.2, 0) is 0 Å². The highest BCUT2D eigenvalue weighted by atomic mass is 35.5. The highest BCUT2D eigenvalue weighted by molar-refractivity contribution is 6.36. The Morgan fingerprint density at radius 3 is 2.28 bits per heavy atom. The van der Waals surface area contributed by atoms with Gasteiger partial charge in [-0.2, -0.15) is 0 Å². The van der Waals surface area contributed by atoms with Crippen molar-refractivity contribution in [3.05, 3.63) is 41.4 Å². The Kier molecular flexibility index (Phi) is 3.14. The lowest BCUT2D eigenvalue weighted by Crippen LogP contribution is -2.44. The zero-order chi connectivity index (χ0) is 12.5. The van der Waals surface area contributed by atoms with Gasteiger partial charge in [0.15, 0.2) is 0 Å². The monoisotopic (exact) mass is 260 g/mol. The lowest BCUT2D eigenvalue weighted by atomic mass is 10.1. The van der Waals surface area contributed by atoms with Gasteiger partial charge in [0, 0.05) is 47.7 Å². The molecule has 0 bridgehead atoms. The van der Waals surface area contributed by atoms with Gasteiger partial charge >= 0.3 is 0 Å². The van der Waals surface area contributed by atoms with E-state index in [1.165, 1.54) is 11.1 Å². The molecule has 1 aliphatic heterocycles. The molecule has 2 nitrogen and oxygen atoms in total. The summed E-state index contributed by atoms with van der Waals surface area (Å²) in [6, 6.07) is 12.5. The van der Waals surface area contributed by atoms with Gasteiger partial charge in [-0.05, 0) is 19.2 Å². The van der Waals surface area contributed by atoms with E-state index >= 15 is 0 Å². The van der Waals surface area contributed by atoms with E-state index in [0.29, 0.717) is 0 Å². The van der Waals surface area contributed by atoms with Crippen LogP contribution >= 0.6 is 11.6 Å². The van der Waals surface area contributed by atoms with Crippen molar-refractivity contribution in [2.45, 2.75) is 0 Å². The summed E-state index contributed by atoms with van der Waals surface area (Å²) in [4.78, 5) is 4.83. The van der Waals surface area contributed by atoms with Gasteiger partial charge in [0.05, 0.1) is 0 Å². The number of rotatable bonds is 1. The number of benzene rings is 2. The molecule has 3 rings (SSSR count). The average molecular weight is 261 g/mol. The number of hydrogen-bond donors (Lipinski definition) is 0. The van der Waals surface area contributed by atoms with Crippen LogP contribution in [-0.4, -0.2) is 38.1 Å². The van der Waals surface area contributed by atoms with Gasteiger partial charge in [-0.15, -0.1) is 0 Å². The maximum absolute atomic E-state index is 6.26. The van der Waals surface area contributed by atoms with Crippen molar-refractivity contribution in [3.63, 3.8) is 0 Å². The average Bonchev–Trinajstić information content (AvgIpc) is 2.41. The van der Waals surface area contributed by atoms with Crippen LogP contribution < -0.4 is 4.90 Å². The van der Waals surface area contributed by atoms with Crippen molar-refractivity contribution >= 4 is 28.1 Å². The molecule has 0 aliphatic carbocycles. The summed E-state index contributed by atoms with van der Waals surface area (Å²) in [5.74, 6) is 0. The van der Waals surface area contributed by atoms with Crippen LogP contribution in [0.25, 0.3) is 10.8 Å². The first-order valence-electron chi connectivity index (χ1n) is 6.36. The van der Waals surface area contributed by atoms with Gasteiger partial charge in [0.1, 0.15) is 0 Å². The molecule has 0 N–H and O–H groups in total. The van der Waals surface area contributed by atoms with Crippen LogP contribution in [0.2, 0.25) is 5.02 Å². The van der Waals surface area contributed by atoms with Gasteiger partial charge in [-0.25, -0.2) is 0 Å². The van der Waals surface area contributed by atoms with E-state index in [-0.39, 0.29) is 0 Å². The Bertz CT molecular complexity index is 559.